The maximum atomic E-state index is 13.3. The van der Waals surface area contributed by atoms with Gasteiger partial charge in [-0.3, -0.25) is 15.0 Å². The lowest BCUT2D eigenvalue weighted by molar-refractivity contribution is -0.385. The Hall–Kier alpha value is -1.53. The van der Waals surface area contributed by atoms with E-state index in [4.69, 9.17) is 0 Å². The predicted octanol–water partition coefficient (Wildman–Crippen LogP) is 1.92. The number of hydrogen-bond acceptors (Lipinski definition) is 4. The Morgan fingerprint density at radius 3 is 2.79 bits per heavy atom. The number of nitro groups is 1. The molecular formula is C13H18FN3O2. The van der Waals surface area contributed by atoms with Crippen molar-refractivity contribution in [2.75, 3.05) is 19.6 Å². The molecule has 0 saturated carbocycles. The molecule has 0 radical (unpaired) electrons. The van der Waals surface area contributed by atoms with E-state index in [1.807, 2.05) is 0 Å². The van der Waals surface area contributed by atoms with E-state index in [2.05, 4.69) is 17.1 Å². The van der Waals surface area contributed by atoms with Gasteiger partial charge < -0.3 is 5.32 Å². The largest absolute Gasteiger partial charge is 0.314 e. The first-order valence-electron chi connectivity index (χ1n) is 6.49. The van der Waals surface area contributed by atoms with Crippen LogP contribution in [0.15, 0.2) is 18.2 Å². The molecule has 0 aliphatic carbocycles. The molecule has 0 spiro atoms. The molecule has 5 nitrogen and oxygen atoms in total. The summed E-state index contributed by atoms with van der Waals surface area (Å²) in [6, 6.07) is 4.04. The molecule has 2 rings (SSSR count). The van der Waals surface area contributed by atoms with E-state index >= 15 is 0 Å². The van der Waals surface area contributed by atoms with Gasteiger partial charge in [-0.15, -0.1) is 0 Å². The van der Waals surface area contributed by atoms with Crippen molar-refractivity contribution >= 4 is 5.69 Å². The summed E-state index contributed by atoms with van der Waals surface area (Å²) in [5.41, 5.74) is 0.445. The van der Waals surface area contributed by atoms with Gasteiger partial charge in [-0.25, -0.2) is 4.39 Å². The highest BCUT2D eigenvalue weighted by Gasteiger charge is 2.26. The topological polar surface area (TPSA) is 58.4 Å². The molecule has 1 heterocycles. The Kier molecular flexibility index (Phi) is 4.44. The van der Waals surface area contributed by atoms with E-state index in [1.54, 1.807) is 0 Å². The fourth-order valence-corrected chi connectivity index (χ4v) is 2.29. The van der Waals surface area contributed by atoms with Crippen molar-refractivity contribution in [3.63, 3.8) is 0 Å². The van der Waals surface area contributed by atoms with Crippen LogP contribution in [-0.4, -0.2) is 35.5 Å². The van der Waals surface area contributed by atoms with Crippen molar-refractivity contribution in [3.8, 4) is 0 Å². The lowest BCUT2D eigenvalue weighted by atomic mass is 10.1. The van der Waals surface area contributed by atoms with Gasteiger partial charge in [0.2, 0.25) is 0 Å². The Labute approximate surface area is 111 Å². The molecule has 1 saturated heterocycles. The van der Waals surface area contributed by atoms with Crippen LogP contribution < -0.4 is 5.32 Å². The standard InChI is InChI=1S/C13H18FN3O2/c1-2-5-16(12-7-15-8-12)9-10-6-11(14)3-4-13(10)17(18)19/h3-4,6,12,15H,2,5,7-9H2,1H3. The van der Waals surface area contributed by atoms with Gasteiger partial charge in [0.25, 0.3) is 5.69 Å². The van der Waals surface area contributed by atoms with Crippen LogP contribution in [0.1, 0.15) is 18.9 Å². The fourth-order valence-electron chi connectivity index (χ4n) is 2.29. The maximum Gasteiger partial charge on any atom is 0.274 e. The second kappa shape index (κ2) is 6.08. The molecule has 0 aromatic heterocycles. The highest BCUT2D eigenvalue weighted by molar-refractivity contribution is 5.40. The van der Waals surface area contributed by atoms with Crippen molar-refractivity contribution in [1.29, 1.82) is 0 Å². The molecule has 6 heteroatoms. The number of halogens is 1. The minimum Gasteiger partial charge on any atom is -0.314 e. The smallest absolute Gasteiger partial charge is 0.274 e. The third kappa shape index (κ3) is 3.27. The van der Waals surface area contributed by atoms with Gasteiger partial charge >= 0.3 is 0 Å². The predicted molar refractivity (Wildman–Crippen MR) is 70.4 cm³/mol. The first kappa shape index (κ1) is 13.9. The normalized spacial score (nSPS) is 15.5. The zero-order valence-electron chi connectivity index (χ0n) is 10.9. The number of nitrogens with one attached hydrogen (secondary N) is 1. The molecule has 1 aromatic carbocycles. The molecule has 1 aliphatic heterocycles. The van der Waals surface area contributed by atoms with Crippen molar-refractivity contribution < 1.29 is 9.31 Å². The van der Waals surface area contributed by atoms with E-state index in [9.17, 15) is 14.5 Å². The van der Waals surface area contributed by atoms with Gasteiger partial charge in [0.1, 0.15) is 5.82 Å². The minimum absolute atomic E-state index is 0.00483. The Bertz CT molecular complexity index is 463. The van der Waals surface area contributed by atoms with Crippen LogP contribution in [-0.2, 0) is 6.54 Å². The van der Waals surface area contributed by atoms with Crippen molar-refractivity contribution in [1.82, 2.24) is 10.2 Å². The lowest BCUT2D eigenvalue weighted by Crippen LogP contribution is -2.57. The number of nitrogens with zero attached hydrogens (tertiary/aromatic N) is 2. The van der Waals surface area contributed by atoms with Gasteiger partial charge in [-0.05, 0) is 25.1 Å². The Morgan fingerprint density at radius 2 is 2.26 bits per heavy atom. The van der Waals surface area contributed by atoms with Crippen LogP contribution in [0.2, 0.25) is 0 Å². The van der Waals surface area contributed by atoms with Crippen LogP contribution in [0.25, 0.3) is 0 Å². The van der Waals surface area contributed by atoms with Gasteiger partial charge in [-0.2, -0.15) is 0 Å². The first-order valence-corrected chi connectivity index (χ1v) is 6.49. The van der Waals surface area contributed by atoms with E-state index in [0.717, 1.165) is 32.1 Å². The number of benzene rings is 1. The SMILES string of the molecule is CCCN(Cc1cc(F)ccc1[N+](=O)[O-])C1CNC1. The summed E-state index contributed by atoms with van der Waals surface area (Å²) in [5.74, 6) is -0.427. The van der Waals surface area contributed by atoms with E-state index in [-0.39, 0.29) is 5.69 Å². The molecule has 0 unspecified atom stereocenters. The quantitative estimate of drug-likeness (QED) is 0.632. The Morgan fingerprint density at radius 1 is 1.53 bits per heavy atom. The summed E-state index contributed by atoms with van der Waals surface area (Å²) in [6.45, 7) is 5.14. The molecule has 19 heavy (non-hydrogen) atoms. The number of hydrogen-bond donors (Lipinski definition) is 1. The summed E-state index contributed by atoms with van der Waals surface area (Å²) >= 11 is 0. The van der Waals surface area contributed by atoms with E-state index in [1.165, 1.54) is 12.1 Å². The molecule has 1 fully saturated rings. The number of rotatable bonds is 6. The van der Waals surface area contributed by atoms with Gasteiger partial charge in [-0.1, -0.05) is 6.92 Å². The van der Waals surface area contributed by atoms with Crippen LogP contribution in [0.4, 0.5) is 10.1 Å². The van der Waals surface area contributed by atoms with E-state index < -0.39 is 10.7 Å². The van der Waals surface area contributed by atoms with Crippen molar-refractivity contribution in [2.24, 2.45) is 0 Å². The molecule has 1 N–H and O–H groups in total. The molecule has 1 aliphatic rings. The molecule has 0 bridgehead atoms. The third-order valence-corrected chi connectivity index (χ3v) is 3.40. The second-order valence-corrected chi connectivity index (χ2v) is 4.81. The number of nitro benzene ring substituents is 1. The van der Waals surface area contributed by atoms with Crippen LogP contribution >= 0.6 is 0 Å². The van der Waals surface area contributed by atoms with Gasteiger partial charge in [0.15, 0.2) is 0 Å². The third-order valence-electron chi connectivity index (χ3n) is 3.40. The molecule has 0 amide bonds. The summed E-state index contributed by atoms with van der Waals surface area (Å²) in [7, 11) is 0. The van der Waals surface area contributed by atoms with E-state index in [0.29, 0.717) is 18.2 Å². The molecular weight excluding hydrogens is 249 g/mol. The highest BCUT2D eigenvalue weighted by Crippen LogP contribution is 2.22. The average Bonchev–Trinajstić information content (AvgIpc) is 2.26. The first-order chi connectivity index (χ1) is 9.11. The van der Waals surface area contributed by atoms with Gasteiger partial charge in [0.05, 0.1) is 4.92 Å². The summed E-state index contributed by atoms with van der Waals surface area (Å²) in [4.78, 5) is 12.7. The van der Waals surface area contributed by atoms with Crippen molar-refractivity contribution in [3.05, 3.63) is 39.7 Å². The van der Waals surface area contributed by atoms with Crippen LogP contribution in [0.3, 0.4) is 0 Å². The zero-order valence-corrected chi connectivity index (χ0v) is 10.9. The minimum atomic E-state index is -0.447. The van der Waals surface area contributed by atoms with Gasteiger partial charge in [0, 0.05) is 37.3 Å². The zero-order chi connectivity index (χ0) is 13.8. The van der Waals surface area contributed by atoms with Crippen molar-refractivity contribution in [2.45, 2.75) is 25.9 Å². The highest BCUT2D eigenvalue weighted by atomic mass is 19.1. The monoisotopic (exact) mass is 267 g/mol. The molecule has 104 valence electrons. The maximum absolute atomic E-state index is 13.3. The summed E-state index contributed by atoms with van der Waals surface area (Å²) < 4.78 is 13.3. The summed E-state index contributed by atoms with van der Waals surface area (Å²) in [5, 5.41) is 14.2. The van der Waals surface area contributed by atoms with Crippen LogP contribution in [0, 0.1) is 15.9 Å². The molecule has 0 atom stereocenters. The summed E-state index contributed by atoms with van der Waals surface area (Å²) in [6.07, 6.45) is 0.972. The van der Waals surface area contributed by atoms with Crippen LogP contribution in [0.5, 0.6) is 0 Å². The Balaban J connectivity index is 2.19. The lowest BCUT2D eigenvalue weighted by Gasteiger charge is -2.38. The average molecular weight is 267 g/mol. The molecule has 1 aromatic rings. The fraction of sp³-hybridized carbons (Fsp3) is 0.538. The second-order valence-electron chi connectivity index (χ2n) is 4.81.